The lowest BCUT2D eigenvalue weighted by Gasteiger charge is -2.23. The molecule has 0 radical (unpaired) electrons. The number of aryl methyl sites for hydroxylation is 1. The topological polar surface area (TPSA) is 84.2 Å². The van der Waals surface area contributed by atoms with E-state index in [1.54, 1.807) is 7.05 Å². The molecular formula is C14H19N3O3S. The minimum absolute atomic E-state index is 0.0868. The first-order valence-corrected chi connectivity index (χ1v) is 8.09. The molecule has 0 amide bonds. The smallest absolute Gasteiger partial charge is 0.244 e. The molecule has 1 aromatic heterocycles. The SMILES string of the molecule is CC(c1ccccc1)C(CO)NS(=O)(=O)c1cnn(C)c1. The van der Waals surface area contributed by atoms with Crippen LogP contribution < -0.4 is 4.72 Å². The number of rotatable bonds is 6. The molecule has 2 atom stereocenters. The Labute approximate surface area is 124 Å². The Morgan fingerprint density at radius 2 is 2.00 bits per heavy atom. The zero-order valence-electron chi connectivity index (χ0n) is 12.0. The van der Waals surface area contributed by atoms with E-state index >= 15 is 0 Å². The number of hydrogen-bond acceptors (Lipinski definition) is 4. The second-order valence-corrected chi connectivity index (χ2v) is 6.67. The van der Waals surface area contributed by atoms with Gasteiger partial charge in [0, 0.05) is 13.2 Å². The van der Waals surface area contributed by atoms with Crippen molar-refractivity contribution in [2.45, 2.75) is 23.8 Å². The highest BCUT2D eigenvalue weighted by molar-refractivity contribution is 7.89. The Kier molecular flexibility index (Phi) is 4.76. The second-order valence-electron chi connectivity index (χ2n) is 4.96. The fourth-order valence-corrected chi connectivity index (χ4v) is 3.38. The van der Waals surface area contributed by atoms with Crippen LogP contribution in [0.25, 0.3) is 0 Å². The maximum atomic E-state index is 12.3. The molecule has 114 valence electrons. The minimum Gasteiger partial charge on any atom is -0.395 e. The van der Waals surface area contributed by atoms with Gasteiger partial charge in [-0.1, -0.05) is 37.3 Å². The lowest BCUT2D eigenvalue weighted by atomic mass is 9.94. The second kappa shape index (κ2) is 6.38. The van der Waals surface area contributed by atoms with Gasteiger partial charge in [-0.3, -0.25) is 4.68 Å². The first kappa shape index (κ1) is 15.7. The third-order valence-electron chi connectivity index (χ3n) is 3.42. The van der Waals surface area contributed by atoms with Gasteiger partial charge in [-0.15, -0.1) is 0 Å². The summed E-state index contributed by atoms with van der Waals surface area (Å²) in [6.45, 7) is 1.59. The zero-order chi connectivity index (χ0) is 15.5. The standard InChI is InChI=1S/C14H19N3O3S/c1-11(12-6-4-3-5-7-12)14(10-18)16-21(19,20)13-8-15-17(2)9-13/h3-9,11,14,16,18H,10H2,1-2H3. The molecular weight excluding hydrogens is 290 g/mol. The lowest BCUT2D eigenvalue weighted by Crippen LogP contribution is -2.40. The van der Waals surface area contributed by atoms with Crippen LogP contribution in [0.1, 0.15) is 18.4 Å². The van der Waals surface area contributed by atoms with E-state index in [-0.39, 0.29) is 17.4 Å². The summed E-state index contributed by atoms with van der Waals surface area (Å²) in [5.74, 6) is -0.150. The van der Waals surface area contributed by atoms with Crippen molar-refractivity contribution in [2.75, 3.05) is 6.61 Å². The highest BCUT2D eigenvalue weighted by Gasteiger charge is 2.25. The van der Waals surface area contributed by atoms with E-state index in [0.29, 0.717) is 0 Å². The molecule has 6 nitrogen and oxygen atoms in total. The maximum absolute atomic E-state index is 12.3. The van der Waals surface area contributed by atoms with Gasteiger partial charge in [-0.05, 0) is 11.5 Å². The normalized spacial score (nSPS) is 14.8. The van der Waals surface area contributed by atoms with Gasteiger partial charge in [-0.2, -0.15) is 5.10 Å². The highest BCUT2D eigenvalue weighted by atomic mass is 32.2. The quantitative estimate of drug-likeness (QED) is 0.829. The van der Waals surface area contributed by atoms with Crippen molar-refractivity contribution in [1.29, 1.82) is 0 Å². The van der Waals surface area contributed by atoms with E-state index in [2.05, 4.69) is 9.82 Å². The monoisotopic (exact) mass is 309 g/mol. The van der Waals surface area contributed by atoms with Gasteiger partial charge in [0.15, 0.2) is 0 Å². The summed E-state index contributed by atoms with van der Waals surface area (Å²) in [4.78, 5) is 0.0868. The Bertz CT molecular complexity index is 682. The van der Waals surface area contributed by atoms with E-state index < -0.39 is 16.1 Å². The van der Waals surface area contributed by atoms with Gasteiger partial charge in [-0.25, -0.2) is 13.1 Å². The van der Waals surface area contributed by atoms with Gasteiger partial charge >= 0.3 is 0 Å². The highest BCUT2D eigenvalue weighted by Crippen LogP contribution is 2.20. The zero-order valence-corrected chi connectivity index (χ0v) is 12.8. The Balaban J connectivity index is 2.19. The van der Waals surface area contributed by atoms with Crippen LogP contribution >= 0.6 is 0 Å². The molecule has 1 heterocycles. The average Bonchev–Trinajstić information content (AvgIpc) is 2.92. The Morgan fingerprint density at radius 3 is 2.52 bits per heavy atom. The summed E-state index contributed by atoms with van der Waals surface area (Å²) in [6, 6.07) is 8.88. The molecule has 0 saturated heterocycles. The molecule has 2 aromatic rings. The van der Waals surface area contributed by atoms with E-state index in [1.807, 2.05) is 37.3 Å². The van der Waals surface area contributed by atoms with Crippen LogP contribution in [-0.4, -0.2) is 36.0 Å². The predicted octanol–water partition coefficient (Wildman–Crippen LogP) is 0.863. The number of benzene rings is 1. The molecule has 2 rings (SSSR count). The van der Waals surface area contributed by atoms with Gasteiger partial charge in [0.1, 0.15) is 4.90 Å². The van der Waals surface area contributed by atoms with Crippen LogP contribution in [0, 0.1) is 0 Å². The van der Waals surface area contributed by atoms with Crippen molar-refractivity contribution in [2.24, 2.45) is 7.05 Å². The molecule has 0 aliphatic carbocycles. The number of hydrogen-bond donors (Lipinski definition) is 2. The molecule has 2 unspecified atom stereocenters. The molecule has 7 heteroatoms. The average molecular weight is 309 g/mol. The molecule has 0 bridgehead atoms. The summed E-state index contributed by atoms with van der Waals surface area (Å²) in [5.41, 5.74) is 0.963. The summed E-state index contributed by atoms with van der Waals surface area (Å²) >= 11 is 0. The third-order valence-corrected chi connectivity index (χ3v) is 4.87. The molecule has 21 heavy (non-hydrogen) atoms. The number of nitrogens with zero attached hydrogens (tertiary/aromatic N) is 2. The van der Waals surface area contributed by atoms with Crippen molar-refractivity contribution in [3.05, 3.63) is 48.3 Å². The van der Waals surface area contributed by atoms with Crippen LogP contribution in [0.4, 0.5) is 0 Å². The van der Waals surface area contributed by atoms with Gasteiger partial charge < -0.3 is 5.11 Å². The summed E-state index contributed by atoms with van der Waals surface area (Å²) < 4.78 is 28.5. The van der Waals surface area contributed by atoms with E-state index in [4.69, 9.17) is 0 Å². The van der Waals surface area contributed by atoms with Crippen LogP contribution in [0.15, 0.2) is 47.6 Å². The van der Waals surface area contributed by atoms with Gasteiger partial charge in [0.25, 0.3) is 0 Å². The van der Waals surface area contributed by atoms with Crippen molar-refractivity contribution in [3.8, 4) is 0 Å². The predicted molar refractivity (Wildman–Crippen MR) is 79.3 cm³/mol. The number of aliphatic hydroxyl groups excluding tert-OH is 1. The minimum atomic E-state index is -3.70. The van der Waals surface area contributed by atoms with E-state index in [1.165, 1.54) is 17.1 Å². The van der Waals surface area contributed by atoms with Crippen LogP contribution in [0.3, 0.4) is 0 Å². The van der Waals surface area contributed by atoms with Crippen molar-refractivity contribution < 1.29 is 13.5 Å². The first-order valence-electron chi connectivity index (χ1n) is 6.61. The largest absolute Gasteiger partial charge is 0.395 e. The van der Waals surface area contributed by atoms with Crippen molar-refractivity contribution in [1.82, 2.24) is 14.5 Å². The lowest BCUT2D eigenvalue weighted by molar-refractivity contribution is 0.242. The third kappa shape index (κ3) is 3.69. The molecule has 0 fully saturated rings. The number of nitrogens with one attached hydrogen (secondary N) is 1. The summed E-state index contributed by atoms with van der Waals surface area (Å²) in [6.07, 6.45) is 2.70. The molecule has 0 spiro atoms. The Morgan fingerprint density at radius 1 is 1.33 bits per heavy atom. The number of sulfonamides is 1. The maximum Gasteiger partial charge on any atom is 0.244 e. The van der Waals surface area contributed by atoms with Crippen molar-refractivity contribution >= 4 is 10.0 Å². The summed E-state index contributed by atoms with van der Waals surface area (Å²) in [5, 5.41) is 13.4. The molecule has 0 aliphatic rings. The van der Waals surface area contributed by atoms with Crippen molar-refractivity contribution in [3.63, 3.8) is 0 Å². The van der Waals surface area contributed by atoms with Gasteiger partial charge in [0.05, 0.1) is 18.8 Å². The van der Waals surface area contributed by atoms with Crippen LogP contribution in [0.5, 0.6) is 0 Å². The van der Waals surface area contributed by atoms with Crippen LogP contribution in [0.2, 0.25) is 0 Å². The fourth-order valence-electron chi connectivity index (χ4n) is 2.09. The summed E-state index contributed by atoms with van der Waals surface area (Å²) in [7, 11) is -2.05. The first-order chi connectivity index (χ1) is 9.94. The van der Waals surface area contributed by atoms with Crippen LogP contribution in [-0.2, 0) is 17.1 Å². The van der Waals surface area contributed by atoms with E-state index in [9.17, 15) is 13.5 Å². The van der Waals surface area contributed by atoms with Gasteiger partial charge in [0.2, 0.25) is 10.0 Å². The molecule has 0 saturated carbocycles. The molecule has 1 aromatic carbocycles. The molecule has 2 N–H and O–H groups in total. The number of aliphatic hydroxyl groups is 1. The fraction of sp³-hybridized carbons (Fsp3) is 0.357. The van der Waals surface area contributed by atoms with E-state index in [0.717, 1.165) is 5.56 Å². The molecule has 0 aliphatic heterocycles. The Hall–Kier alpha value is -1.70. The number of aromatic nitrogens is 2.